The van der Waals surface area contributed by atoms with Crippen molar-refractivity contribution < 1.29 is 9.18 Å². The molecular formula is C23H21FN4O. The zero-order chi connectivity index (χ0) is 20.4. The van der Waals surface area contributed by atoms with Gasteiger partial charge in [-0.05, 0) is 48.4 Å². The first-order chi connectivity index (χ1) is 14.0. The molecule has 0 saturated carbocycles. The van der Waals surface area contributed by atoms with Gasteiger partial charge in [-0.1, -0.05) is 18.2 Å². The maximum atomic E-state index is 14.7. The van der Waals surface area contributed by atoms with Crippen molar-refractivity contribution in [2.45, 2.75) is 13.5 Å². The van der Waals surface area contributed by atoms with E-state index in [0.29, 0.717) is 23.5 Å². The van der Waals surface area contributed by atoms with E-state index in [1.807, 2.05) is 49.2 Å². The molecule has 146 valence electrons. The Balaban J connectivity index is 1.52. The van der Waals surface area contributed by atoms with Gasteiger partial charge in [0, 0.05) is 49.1 Å². The molecule has 3 aromatic rings. The van der Waals surface area contributed by atoms with Crippen molar-refractivity contribution in [3.05, 3.63) is 89.6 Å². The molecule has 6 heteroatoms. The summed E-state index contributed by atoms with van der Waals surface area (Å²) in [6.45, 7) is 2.51. The molecule has 1 amide bonds. The molecule has 0 bridgehead atoms. The Morgan fingerprint density at radius 2 is 2.07 bits per heavy atom. The molecule has 1 aromatic heterocycles. The van der Waals surface area contributed by atoms with Gasteiger partial charge in [-0.3, -0.25) is 9.78 Å². The fraction of sp³-hybridized carbons (Fsp3) is 0.130. The number of rotatable bonds is 5. The fourth-order valence-corrected chi connectivity index (χ4v) is 3.48. The van der Waals surface area contributed by atoms with Crippen molar-refractivity contribution in [2.75, 3.05) is 22.6 Å². The van der Waals surface area contributed by atoms with Crippen LogP contribution in [0.5, 0.6) is 0 Å². The van der Waals surface area contributed by atoms with E-state index in [0.717, 1.165) is 22.4 Å². The normalized spacial score (nSPS) is 13.9. The van der Waals surface area contributed by atoms with Crippen LogP contribution < -0.4 is 15.5 Å². The smallest absolute Gasteiger partial charge is 0.257 e. The third-order valence-corrected chi connectivity index (χ3v) is 4.92. The first kappa shape index (κ1) is 18.7. The number of hydrogen-bond donors (Lipinski definition) is 2. The summed E-state index contributed by atoms with van der Waals surface area (Å²) in [6, 6.07) is 14.5. The number of amides is 1. The quantitative estimate of drug-likeness (QED) is 0.629. The molecule has 29 heavy (non-hydrogen) atoms. The molecule has 0 spiro atoms. The minimum absolute atomic E-state index is 0.171. The molecular weight excluding hydrogens is 367 g/mol. The molecule has 0 fully saturated rings. The summed E-state index contributed by atoms with van der Waals surface area (Å²) in [5, 5.41) is 5.90. The van der Waals surface area contributed by atoms with Crippen LogP contribution in [0.1, 0.15) is 16.7 Å². The average Bonchev–Trinajstić information content (AvgIpc) is 3.03. The summed E-state index contributed by atoms with van der Waals surface area (Å²) < 4.78 is 14.7. The van der Waals surface area contributed by atoms with Crippen molar-refractivity contribution in [3.63, 3.8) is 0 Å². The van der Waals surface area contributed by atoms with Crippen LogP contribution in [-0.2, 0) is 11.3 Å². The van der Waals surface area contributed by atoms with E-state index in [1.54, 1.807) is 30.7 Å². The Labute approximate surface area is 168 Å². The summed E-state index contributed by atoms with van der Waals surface area (Å²) in [5.74, 6) is -0.512. The lowest BCUT2D eigenvalue weighted by atomic mass is 10.0. The number of carbonyl (C=O) groups is 1. The molecule has 0 saturated heterocycles. The monoisotopic (exact) mass is 388 g/mol. The number of hydrogen-bond acceptors (Lipinski definition) is 4. The van der Waals surface area contributed by atoms with Gasteiger partial charge in [-0.15, -0.1) is 0 Å². The lowest BCUT2D eigenvalue weighted by molar-refractivity contribution is -0.110. The molecule has 5 nitrogen and oxygen atoms in total. The van der Waals surface area contributed by atoms with E-state index in [4.69, 9.17) is 0 Å². The van der Waals surface area contributed by atoms with E-state index >= 15 is 0 Å². The lowest BCUT2D eigenvalue weighted by Crippen LogP contribution is -2.17. The highest BCUT2D eigenvalue weighted by Crippen LogP contribution is 2.34. The molecule has 0 atom stereocenters. The second kappa shape index (κ2) is 7.75. The van der Waals surface area contributed by atoms with Crippen LogP contribution in [0.15, 0.2) is 67.1 Å². The van der Waals surface area contributed by atoms with Gasteiger partial charge in [0.15, 0.2) is 0 Å². The van der Waals surface area contributed by atoms with Crippen LogP contribution in [-0.4, -0.2) is 17.9 Å². The zero-order valence-electron chi connectivity index (χ0n) is 16.2. The molecule has 2 aromatic carbocycles. The van der Waals surface area contributed by atoms with Crippen LogP contribution in [0.2, 0.25) is 0 Å². The average molecular weight is 388 g/mol. The first-order valence-electron chi connectivity index (χ1n) is 9.30. The Morgan fingerprint density at radius 1 is 1.21 bits per heavy atom. The van der Waals surface area contributed by atoms with Gasteiger partial charge >= 0.3 is 0 Å². The number of nitrogens with zero attached hydrogens (tertiary/aromatic N) is 2. The van der Waals surface area contributed by atoms with Gasteiger partial charge in [-0.25, -0.2) is 4.39 Å². The third-order valence-electron chi connectivity index (χ3n) is 4.92. The van der Waals surface area contributed by atoms with Crippen molar-refractivity contribution >= 4 is 28.5 Å². The maximum absolute atomic E-state index is 14.7. The summed E-state index contributed by atoms with van der Waals surface area (Å²) in [6.07, 6.45) is 5.11. The van der Waals surface area contributed by atoms with Crippen molar-refractivity contribution in [2.24, 2.45) is 0 Å². The second-order valence-corrected chi connectivity index (χ2v) is 7.04. The highest BCUT2D eigenvalue weighted by Gasteiger charge is 2.25. The lowest BCUT2D eigenvalue weighted by Gasteiger charge is -2.20. The van der Waals surface area contributed by atoms with Crippen molar-refractivity contribution in [1.82, 2.24) is 4.98 Å². The molecule has 0 aliphatic carbocycles. The molecule has 4 rings (SSSR count). The SMILES string of the molecule is Cc1cccc2c1C(=CNc1ccc(N(C)Cc3cccnc3)c(F)c1)C(=O)N2. The van der Waals surface area contributed by atoms with E-state index < -0.39 is 0 Å². The Kier molecular flexibility index (Phi) is 4.99. The van der Waals surface area contributed by atoms with Crippen LogP contribution >= 0.6 is 0 Å². The maximum Gasteiger partial charge on any atom is 0.257 e. The number of nitrogens with one attached hydrogen (secondary N) is 2. The highest BCUT2D eigenvalue weighted by atomic mass is 19.1. The summed E-state index contributed by atoms with van der Waals surface area (Å²) in [4.78, 5) is 18.2. The number of fused-ring (bicyclic) bond motifs is 1. The summed E-state index contributed by atoms with van der Waals surface area (Å²) >= 11 is 0. The summed E-state index contributed by atoms with van der Waals surface area (Å²) in [7, 11) is 1.84. The van der Waals surface area contributed by atoms with Gasteiger partial charge in [0.05, 0.1) is 11.3 Å². The van der Waals surface area contributed by atoms with E-state index in [2.05, 4.69) is 15.6 Å². The Bertz CT molecular complexity index is 1100. The van der Waals surface area contributed by atoms with Crippen LogP contribution in [0.25, 0.3) is 5.57 Å². The number of pyridine rings is 1. The van der Waals surface area contributed by atoms with Gasteiger partial charge in [0.1, 0.15) is 5.82 Å². The predicted octanol–water partition coefficient (Wildman–Crippen LogP) is 4.57. The topological polar surface area (TPSA) is 57.3 Å². The number of aryl methyl sites for hydroxylation is 1. The van der Waals surface area contributed by atoms with E-state index in [9.17, 15) is 9.18 Å². The third kappa shape index (κ3) is 3.82. The molecule has 1 aliphatic rings. The van der Waals surface area contributed by atoms with E-state index in [1.165, 1.54) is 6.07 Å². The van der Waals surface area contributed by atoms with Gasteiger partial charge < -0.3 is 15.5 Å². The Morgan fingerprint density at radius 3 is 2.83 bits per heavy atom. The number of halogens is 1. The first-order valence-corrected chi connectivity index (χ1v) is 9.30. The van der Waals surface area contributed by atoms with Crippen LogP contribution in [0, 0.1) is 12.7 Å². The molecule has 1 aliphatic heterocycles. The molecule has 0 radical (unpaired) electrons. The van der Waals surface area contributed by atoms with Crippen molar-refractivity contribution in [1.29, 1.82) is 0 Å². The number of aromatic nitrogens is 1. The van der Waals surface area contributed by atoms with E-state index in [-0.39, 0.29) is 11.7 Å². The zero-order valence-corrected chi connectivity index (χ0v) is 16.2. The number of anilines is 3. The van der Waals surface area contributed by atoms with Crippen LogP contribution in [0.3, 0.4) is 0 Å². The highest BCUT2D eigenvalue weighted by molar-refractivity contribution is 6.32. The minimum atomic E-state index is -0.341. The summed E-state index contributed by atoms with van der Waals surface area (Å²) in [5.41, 5.74) is 5.28. The molecule has 0 unspecified atom stereocenters. The molecule has 2 heterocycles. The minimum Gasteiger partial charge on any atom is -0.368 e. The van der Waals surface area contributed by atoms with Crippen molar-refractivity contribution in [3.8, 4) is 0 Å². The van der Waals surface area contributed by atoms with Gasteiger partial charge in [0.2, 0.25) is 0 Å². The number of benzene rings is 2. The predicted molar refractivity (Wildman–Crippen MR) is 114 cm³/mol. The Hall–Kier alpha value is -3.67. The van der Waals surface area contributed by atoms with Gasteiger partial charge in [-0.2, -0.15) is 0 Å². The number of carbonyl (C=O) groups excluding carboxylic acids is 1. The largest absolute Gasteiger partial charge is 0.368 e. The molecule has 2 N–H and O–H groups in total. The fourth-order valence-electron chi connectivity index (χ4n) is 3.48. The van der Waals surface area contributed by atoms with Crippen LogP contribution in [0.4, 0.5) is 21.5 Å². The standard InChI is InChI=1S/C23H21FN4O/c1-15-5-3-7-20-22(15)18(23(29)27-20)13-26-17-8-9-21(19(24)11-17)28(2)14-16-6-4-10-25-12-16/h3-13,26H,14H2,1-2H3,(H,27,29). The van der Waals surface area contributed by atoms with Gasteiger partial charge in [0.25, 0.3) is 5.91 Å². The second-order valence-electron chi connectivity index (χ2n) is 7.04.